The van der Waals surface area contributed by atoms with E-state index in [-0.39, 0.29) is 30.2 Å². The molecule has 0 radical (unpaired) electrons. The molecule has 1 aliphatic rings. The second kappa shape index (κ2) is 9.20. The molecule has 1 aromatic carbocycles. The van der Waals surface area contributed by atoms with E-state index in [1.165, 1.54) is 0 Å². The molecule has 0 unspecified atom stereocenters. The minimum absolute atomic E-state index is 0.0256. The Kier molecular flexibility index (Phi) is 6.98. The molecule has 1 aliphatic carbocycles. The van der Waals surface area contributed by atoms with Gasteiger partial charge in [0.05, 0.1) is 6.54 Å². The fourth-order valence-corrected chi connectivity index (χ4v) is 2.92. The van der Waals surface area contributed by atoms with Crippen molar-refractivity contribution in [3.05, 3.63) is 24.3 Å². The maximum atomic E-state index is 11.9. The van der Waals surface area contributed by atoms with Crippen LogP contribution in [0.2, 0.25) is 0 Å². The number of anilines is 2. The Labute approximate surface area is 148 Å². The van der Waals surface area contributed by atoms with Crippen LogP contribution < -0.4 is 16.0 Å². The molecule has 1 saturated carbocycles. The molecule has 0 aliphatic heterocycles. The monoisotopic (exact) mass is 345 g/mol. The van der Waals surface area contributed by atoms with Crippen LogP contribution in [0.5, 0.6) is 0 Å². The molecule has 0 heterocycles. The van der Waals surface area contributed by atoms with E-state index in [0.29, 0.717) is 23.7 Å². The zero-order valence-corrected chi connectivity index (χ0v) is 14.9. The molecule has 25 heavy (non-hydrogen) atoms. The van der Waals surface area contributed by atoms with Crippen molar-refractivity contribution in [1.82, 2.24) is 5.32 Å². The highest BCUT2D eigenvalue weighted by molar-refractivity contribution is 5.95. The van der Waals surface area contributed by atoms with Gasteiger partial charge in [-0.2, -0.15) is 0 Å². The molecule has 2 rings (SSSR count). The first-order chi connectivity index (χ1) is 11.9. The summed E-state index contributed by atoms with van der Waals surface area (Å²) in [4.78, 5) is 35.5. The van der Waals surface area contributed by atoms with E-state index in [4.69, 9.17) is 0 Å². The van der Waals surface area contributed by atoms with Gasteiger partial charge in [-0.25, -0.2) is 0 Å². The van der Waals surface area contributed by atoms with Gasteiger partial charge < -0.3 is 16.0 Å². The van der Waals surface area contributed by atoms with Gasteiger partial charge in [-0.3, -0.25) is 14.4 Å². The van der Waals surface area contributed by atoms with Crippen LogP contribution in [0.3, 0.4) is 0 Å². The third kappa shape index (κ3) is 6.57. The molecule has 0 aromatic heterocycles. The summed E-state index contributed by atoms with van der Waals surface area (Å²) in [7, 11) is 0. The van der Waals surface area contributed by atoms with E-state index in [9.17, 15) is 14.4 Å². The summed E-state index contributed by atoms with van der Waals surface area (Å²) in [5.41, 5.74) is 1.32. The summed E-state index contributed by atoms with van der Waals surface area (Å²) in [5.74, 6) is 0.0414. The number of hydrogen-bond acceptors (Lipinski definition) is 3. The van der Waals surface area contributed by atoms with Crippen molar-refractivity contribution in [2.24, 2.45) is 11.8 Å². The van der Waals surface area contributed by atoms with Gasteiger partial charge in [-0.15, -0.1) is 0 Å². The van der Waals surface area contributed by atoms with E-state index < -0.39 is 0 Å². The second-order valence-electron chi connectivity index (χ2n) is 6.97. The van der Waals surface area contributed by atoms with Crippen molar-refractivity contribution >= 4 is 29.1 Å². The first kappa shape index (κ1) is 19.0. The Morgan fingerprint density at radius 1 is 0.960 bits per heavy atom. The lowest BCUT2D eigenvalue weighted by molar-refractivity contribution is -0.127. The van der Waals surface area contributed by atoms with Crippen LogP contribution in [0.1, 0.15) is 46.0 Å². The summed E-state index contributed by atoms with van der Waals surface area (Å²) < 4.78 is 0. The van der Waals surface area contributed by atoms with Crippen molar-refractivity contribution in [2.45, 2.75) is 46.0 Å². The predicted octanol–water partition coefficient (Wildman–Crippen LogP) is 2.92. The van der Waals surface area contributed by atoms with Crippen LogP contribution in [0.4, 0.5) is 11.4 Å². The summed E-state index contributed by atoms with van der Waals surface area (Å²) >= 11 is 0. The molecule has 0 spiro atoms. The van der Waals surface area contributed by atoms with Crippen LogP contribution in [0.25, 0.3) is 0 Å². The molecule has 6 nitrogen and oxygen atoms in total. The molecule has 6 heteroatoms. The van der Waals surface area contributed by atoms with E-state index in [0.717, 1.165) is 25.7 Å². The SMILES string of the molecule is CC(C)CC(=O)Nc1ccc(NC(=O)CNC(=O)C2CCCC2)cc1. The fraction of sp³-hybridized carbons (Fsp3) is 0.526. The normalized spacial score (nSPS) is 14.4. The Balaban J connectivity index is 1.75. The van der Waals surface area contributed by atoms with E-state index in [1.54, 1.807) is 24.3 Å². The number of rotatable bonds is 7. The quantitative estimate of drug-likeness (QED) is 0.710. The van der Waals surface area contributed by atoms with Crippen LogP contribution in [0.15, 0.2) is 24.3 Å². The van der Waals surface area contributed by atoms with Crippen LogP contribution in [-0.4, -0.2) is 24.3 Å². The molecule has 3 amide bonds. The highest BCUT2D eigenvalue weighted by Gasteiger charge is 2.22. The Morgan fingerprint density at radius 3 is 2.00 bits per heavy atom. The molecule has 0 atom stereocenters. The topological polar surface area (TPSA) is 87.3 Å². The Bertz CT molecular complexity index is 605. The molecular weight excluding hydrogens is 318 g/mol. The summed E-state index contributed by atoms with van der Waals surface area (Å²) in [6.07, 6.45) is 4.47. The number of nitrogens with one attached hydrogen (secondary N) is 3. The summed E-state index contributed by atoms with van der Waals surface area (Å²) in [6, 6.07) is 6.93. The van der Waals surface area contributed by atoms with Gasteiger partial charge in [0, 0.05) is 23.7 Å². The Morgan fingerprint density at radius 2 is 1.48 bits per heavy atom. The molecule has 0 bridgehead atoms. The van der Waals surface area contributed by atoms with Crippen molar-refractivity contribution < 1.29 is 14.4 Å². The molecule has 1 aromatic rings. The lowest BCUT2D eigenvalue weighted by atomic mass is 10.1. The van der Waals surface area contributed by atoms with E-state index in [2.05, 4.69) is 16.0 Å². The summed E-state index contributed by atoms with van der Waals surface area (Å²) in [6.45, 7) is 3.95. The highest BCUT2D eigenvalue weighted by Crippen LogP contribution is 2.24. The second-order valence-corrected chi connectivity index (χ2v) is 6.97. The van der Waals surface area contributed by atoms with Gasteiger partial charge in [0.15, 0.2) is 0 Å². The molecular formula is C19H27N3O3. The average Bonchev–Trinajstić information content (AvgIpc) is 3.08. The maximum absolute atomic E-state index is 11.9. The van der Waals surface area contributed by atoms with E-state index >= 15 is 0 Å². The average molecular weight is 345 g/mol. The van der Waals surface area contributed by atoms with Crippen LogP contribution in [0, 0.1) is 11.8 Å². The van der Waals surface area contributed by atoms with Crippen molar-refractivity contribution in [2.75, 3.05) is 17.2 Å². The molecule has 0 saturated heterocycles. The minimum atomic E-state index is -0.261. The molecule has 3 N–H and O–H groups in total. The fourth-order valence-electron chi connectivity index (χ4n) is 2.92. The van der Waals surface area contributed by atoms with Gasteiger partial charge in [-0.1, -0.05) is 26.7 Å². The minimum Gasteiger partial charge on any atom is -0.347 e. The van der Waals surface area contributed by atoms with Crippen molar-refractivity contribution in [3.63, 3.8) is 0 Å². The van der Waals surface area contributed by atoms with Gasteiger partial charge >= 0.3 is 0 Å². The molecule has 1 fully saturated rings. The van der Waals surface area contributed by atoms with E-state index in [1.807, 2.05) is 13.8 Å². The van der Waals surface area contributed by atoms with Gasteiger partial charge in [-0.05, 0) is 43.0 Å². The number of amides is 3. The van der Waals surface area contributed by atoms with Gasteiger partial charge in [0.1, 0.15) is 0 Å². The number of carbonyl (C=O) groups is 3. The van der Waals surface area contributed by atoms with Crippen molar-refractivity contribution in [1.29, 1.82) is 0 Å². The van der Waals surface area contributed by atoms with Crippen LogP contribution >= 0.6 is 0 Å². The zero-order valence-electron chi connectivity index (χ0n) is 14.9. The summed E-state index contributed by atoms with van der Waals surface area (Å²) in [5, 5.41) is 8.24. The highest BCUT2D eigenvalue weighted by atomic mass is 16.2. The van der Waals surface area contributed by atoms with Gasteiger partial charge in [0.25, 0.3) is 0 Å². The predicted molar refractivity (Wildman–Crippen MR) is 98.1 cm³/mol. The standard InChI is InChI=1S/C19H27N3O3/c1-13(2)11-17(23)21-15-7-9-16(10-8-15)22-18(24)12-20-19(25)14-5-3-4-6-14/h7-10,13-14H,3-6,11-12H2,1-2H3,(H,20,25)(H,21,23)(H,22,24). The van der Waals surface area contributed by atoms with Gasteiger partial charge in [0.2, 0.25) is 17.7 Å². The maximum Gasteiger partial charge on any atom is 0.243 e. The number of hydrogen-bond donors (Lipinski definition) is 3. The van der Waals surface area contributed by atoms with Crippen molar-refractivity contribution in [3.8, 4) is 0 Å². The Hall–Kier alpha value is -2.37. The third-order valence-electron chi connectivity index (χ3n) is 4.20. The number of benzene rings is 1. The zero-order chi connectivity index (χ0) is 18.2. The first-order valence-electron chi connectivity index (χ1n) is 8.91. The lowest BCUT2D eigenvalue weighted by Gasteiger charge is -2.11. The third-order valence-corrected chi connectivity index (χ3v) is 4.20. The lowest BCUT2D eigenvalue weighted by Crippen LogP contribution is -2.36. The smallest absolute Gasteiger partial charge is 0.243 e. The first-order valence-corrected chi connectivity index (χ1v) is 8.91. The molecule has 136 valence electrons. The largest absolute Gasteiger partial charge is 0.347 e. The number of carbonyl (C=O) groups excluding carboxylic acids is 3. The van der Waals surface area contributed by atoms with Crippen LogP contribution in [-0.2, 0) is 14.4 Å².